The van der Waals surface area contributed by atoms with Crippen LogP contribution in [0.1, 0.15) is 36.2 Å². The number of rotatable bonds is 5. The Bertz CT molecular complexity index is 570. The molecule has 0 aromatic heterocycles. The fraction of sp³-hybridized carbons (Fsp3) is 0.500. The number of aliphatic hydroxyl groups excluding tert-OH is 1. The first-order valence-electron chi connectivity index (χ1n) is 7.34. The van der Waals surface area contributed by atoms with E-state index >= 15 is 0 Å². The average Bonchev–Trinajstić information content (AvgIpc) is 2.45. The Hall–Kier alpha value is -2.08. The number of nitrogens with one attached hydrogen (secondary N) is 1. The zero-order chi connectivity index (χ0) is 16.3. The molecule has 1 amide bonds. The lowest BCUT2D eigenvalue weighted by Gasteiger charge is -2.32. The van der Waals surface area contributed by atoms with E-state index in [1.165, 1.54) is 6.07 Å². The summed E-state index contributed by atoms with van der Waals surface area (Å²) in [5.41, 5.74) is 0.892. The number of hydrogen-bond donors (Lipinski definition) is 3. The Morgan fingerprint density at radius 3 is 2.82 bits per heavy atom. The second-order valence-corrected chi connectivity index (χ2v) is 5.92. The molecule has 6 nitrogen and oxygen atoms in total. The molecule has 6 heteroatoms. The van der Waals surface area contributed by atoms with E-state index < -0.39 is 24.6 Å². The standard InChI is InChI=1S/C16H21NO5/c1-9(2)6-11(17-14(20)8-18)13-7-10-4-3-5-12(19)15(10)16(21)22-13/h3-5,9,11,13,18-19H,6-8H2,1-2H3,(H,17,20). The van der Waals surface area contributed by atoms with Gasteiger partial charge in [-0.3, -0.25) is 4.79 Å². The molecule has 0 radical (unpaired) electrons. The van der Waals surface area contributed by atoms with Gasteiger partial charge in [0.05, 0.1) is 6.04 Å². The maximum Gasteiger partial charge on any atom is 0.342 e. The summed E-state index contributed by atoms with van der Waals surface area (Å²) in [6.07, 6.45) is 0.524. The van der Waals surface area contributed by atoms with Gasteiger partial charge in [-0.05, 0) is 24.0 Å². The summed E-state index contributed by atoms with van der Waals surface area (Å²) >= 11 is 0. The van der Waals surface area contributed by atoms with E-state index in [0.29, 0.717) is 18.4 Å². The Morgan fingerprint density at radius 1 is 1.45 bits per heavy atom. The highest BCUT2D eigenvalue weighted by molar-refractivity contribution is 5.95. The Labute approximate surface area is 129 Å². The van der Waals surface area contributed by atoms with Crippen LogP contribution >= 0.6 is 0 Å². The first-order chi connectivity index (χ1) is 10.4. The lowest BCUT2D eigenvalue weighted by Crippen LogP contribution is -2.49. The summed E-state index contributed by atoms with van der Waals surface area (Å²) < 4.78 is 5.41. The number of aliphatic hydroxyl groups is 1. The Morgan fingerprint density at radius 2 is 2.18 bits per heavy atom. The van der Waals surface area contributed by atoms with Crippen molar-refractivity contribution in [2.75, 3.05) is 6.61 Å². The first kappa shape index (κ1) is 16.3. The minimum Gasteiger partial charge on any atom is -0.507 e. The topological polar surface area (TPSA) is 95.9 Å². The van der Waals surface area contributed by atoms with Crippen LogP contribution in [0.5, 0.6) is 5.75 Å². The molecule has 120 valence electrons. The van der Waals surface area contributed by atoms with Gasteiger partial charge < -0.3 is 20.3 Å². The highest BCUT2D eigenvalue weighted by atomic mass is 16.5. The van der Waals surface area contributed by atoms with Gasteiger partial charge in [0.15, 0.2) is 0 Å². The van der Waals surface area contributed by atoms with Crippen LogP contribution in [0.4, 0.5) is 0 Å². The molecule has 1 heterocycles. The van der Waals surface area contributed by atoms with Crippen LogP contribution < -0.4 is 5.32 Å². The number of aromatic hydroxyl groups is 1. The van der Waals surface area contributed by atoms with Crippen LogP contribution in [0.2, 0.25) is 0 Å². The summed E-state index contributed by atoms with van der Waals surface area (Å²) in [5.74, 6) is -0.895. The normalized spacial score (nSPS) is 18.5. The van der Waals surface area contributed by atoms with Gasteiger partial charge in [-0.1, -0.05) is 26.0 Å². The summed E-state index contributed by atoms with van der Waals surface area (Å²) in [5, 5.41) is 21.4. The molecule has 1 aromatic carbocycles. The van der Waals surface area contributed by atoms with Crippen LogP contribution in [0.25, 0.3) is 0 Å². The first-order valence-corrected chi connectivity index (χ1v) is 7.34. The van der Waals surface area contributed by atoms with Crippen LogP contribution in [0.15, 0.2) is 18.2 Å². The van der Waals surface area contributed by atoms with E-state index in [1.54, 1.807) is 12.1 Å². The van der Waals surface area contributed by atoms with Crippen molar-refractivity contribution in [2.24, 2.45) is 5.92 Å². The predicted octanol–water partition coefficient (Wildman–Crippen LogP) is 0.997. The van der Waals surface area contributed by atoms with Gasteiger partial charge in [0, 0.05) is 6.42 Å². The number of cyclic esters (lactones) is 1. The van der Waals surface area contributed by atoms with Gasteiger partial charge in [0.2, 0.25) is 5.91 Å². The van der Waals surface area contributed by atoms with Crippen LogP contribution in [0, 0.1) is 5.92 Å². The van der Waals surface area contributed by atoms with Gasteiger partial charge in [0.1, 0.15) is 24.0 Å². The van der Waals surface area contributed by atoms with Gasteiger partial charge in [0.25, 0.3) is 0 Å². The van der Waals surface area contributed by atoms with E-state index in [1.807, 2.05) is 13.8 Å². The molecule has 1 aliphatic heterocycles. The molecule has 0 saturated carbocycles. The number of carbonyl (C=O) groups is 2. The molecular weight excluding hydrogens is 286 g/mol. The molecular formula is C16H21NO5. The van der Waals surface area contributed by atoms with Crippen molar-refractivity contribution >= 4 is 11.9 Å². The van der Waals surface area contributed by atoms with E-state index in [0.717, 1.165) is 0 Å². The smallest absolute Gasteiger partial charge is 0.342 e. The van der Waals surface area contributed by atoms with Crippen molar-refractivity contribution in [3.05, 3.63) is 29.3 Å². The third kappa shape index (κ3) is 3.57. The molecule has 3 N–H and O–H groups in total. The molecule has 1 aromatic rings. The average molecular weight is 307 g/mol. The fourth-order valence-corrected chi connectivity index (χ4v) is 2.74. The largest absolute Gasteiger partial charge is 0.507 e. The molecule has 2 atom stereocenters. The molecule has 0 spiro atoms. The van der Waals surface area contributed by atoms with E-state index in [-0.39, 0.29) is 23.3 Å². The van der Waals surface area contributed by atoms with Crippen LogP contribution in [-0.4, -0.2) is 40.8 Å². The minimum atomic E-state index is -0.605. The summed E-state index contributed by atoms with van der Waals surface area (Å²) in [4.78, 5) is 23.6. The number of ether oxygens (including phenoxy) is 1. The van der Waals surface area contributed by atoms with Gasteiger partial charge in [-0.15, -0.1) is 0 Å². The lowest BCUT2D eigenvalue weighted by atomic mass is 9.90. The maximum atomic E-state index is 12.1. The number of amides is 1. The van der Waals surface area contributed by atoms with Gasteiger partial charge in [-0.25, -0.2) is 4.79 Å². The summed E-state index contributed by atoms with van der Waals surface area (Å²) in [6, 6.07) is 4.51. The SMILES string of the molecule is CC(C)CC(NC(=O)CO)C1Cc2cccc(O)c2C(=O)O1. The van der Waals surface area contributed by atoms with Gasteiger partial charge >= 0.3 is 5.97 Å². The van der Waals surface area contributed by atoms with E-state index in [2.05, 4.69) is 5.32 Å². The van der Waals surface area contributed by atoms with Crippen molar-refractivity contribution in [1.82, 2.24) is 5.32 Å². The number of hydrogen-bond acceptors (Lipinski definition) is 5. The highest BCUT2D eigenvalue weighted by Gasteiger charge is 2.34. The molecule has 2 unspecified atom stereocenters. The van der Waals surface area contributed by atoms with Crippen molar-refractivity contribution < 1.29 is 24.5 Å². The third-order valence-electron chi connectivity index (χ3n) is 3.68. The minimum absolute atomic E-state index is 0.0965. The molecule has 22 heavy (non-hydrogen) atoms. The molecule has 0 bridgehead atoms. The van der Waals surface area contributed by atoms with Crippen molar-refractivity contribution in [3.63, 3.8) is 0 Å². The Kier molecular flexibility index (Phi) is 5.03. The van der Waals surface area contributed by atoms with Crippen molar-refractivity contribution in [1.29, 1.82) is 0 Å². The molecule has 0 saturated heterocycles. The number of benzene rings is 1. The lowest BCUT2D eigenvalue weighted by molar-refractivity contribution is -0.125. The van der Waals surface area contributed by atoms with E-state index in [9.17, 15) is 14.7 Å². The summed E-state index contributed by atoms with van der Waals surface area (Å²) in [7, 11) is 0. The predicted molar refractivity (Wildman–Crippen MR) is 79.5 cm³/mol. The second-order valence-electron chi connectivity index (χ2n) is 5.92. The molecule has 0 aliphatic carbocycles. The monoisotopic (exact) mass is 307 g/mol. The number of fused-ring (bicyclic) bond motifs is 1. The molecule has 2 rings (SSSR count). The number of phenols is 1. The maximum absolute atomic E-state index is 12.1. The Balaban J connectivity index is 2.23. The second kappa shape index (κ2) is 6.79. The van der Waals surface area contributed by atoms with Crippen LogP contribution in [-0.2, 0) is 16.0 Å². The molecule has 1 aliphatic rings. The van der Waals surface area contributed by atoms with Crippen molar-refractivity contribution in [2.45, 2.75) is 38.8 Å². The number of esters is 1. The quantitative estimate of drug-likeness (QED) is 0.705. The van der Waals surface area contributed by atoms with Crippen molar-refractivity contribution in [3.8, 4) is 5.75 Å². The van der Waals surface area contributed by atoms with Crippen LogP contribution in [0.3, 0.4) is 0 Å². The zero-order valence-electron chi connectivity index (χ0n) is 12.7. The number of phenolic OH excluding ortho intramolecular Hbond substituents is 1. The summed E-state index contributed by atoms with van der Waals surface area (Å²) in [6.45, 7) is 3.40. The van der Waals surface area contributed by atoms with Gasteiger partial charge in [-0.2, -0.15) is 0 Å². The highest BCUT2D eigenvalue weighted by Crippen LogP contribution is 2.30. The zero-order valence-corrected chi connectivity index (χ0v) is 12.7. The molecule has 0 fully saturated rings. The third-order valence-corrected chi connectivity index (χ3v) is 3.68. The fourth-order valence-electron chi connectivity index (χ4n) is 2.74. The van der Waals surface area contributed by atoms with E-state index in [4.69, 9.17) is 9.84 Å². The number of carbonyl (C=O) groups excluding carboxylic acids is 2.